The van der Waals surface area contributed by atoms with Crippen molar-refractivity contribution in [1.82, 2.24) is 10.2 Å². The van der Waals surface area contributed by atoms with Crippen molar-refractivity contribution in [2.45, 2.75) is 33.4 Å². The number of nitrogens with one attached hydrogen (secondary N) is 1. The van der Waals surface area contributed by atoms with Crippen molar-refractivity contribution >= 4 is 45.8 Å². The summed E-state index contributed by atoms with van der Waals surface area (Å²) in [6.45, 7) is 5.22. The molecule has 0 spiro atoms. The molecule has 0 fully saturated rings. The summed E-state index contributed by atoms with van der Waals surface area (Å²) in [5.41, 5.74) is 1.14. The maximum Gasteiger partial charge on any atom is 0.261 e. The minimum atomic E-state index is -0.177. The van der Waals surface area contributed by atoms with E-state index < -0.39 is 0 Å². The van der Waals surface area contributed by atoms with Gasteiger partial charge in [-0.3, -0.25) is 9.59 Å². The molecule has 0 aliphatic rings. The number of thiophene rings is 3. The third kappa shape index (κ3) is 5.28. The predicted molar refractivity (Wildman–Crippen MR) is 114 cm³/mol. The molecule has 0 unspecified atom stereocenters. The molecule has 2 amide bonds. The van der Waals surface area contributed by atoms with Crippen LogP contribution < -0.4 is 5.32 Å². The molecule has 3 aromatic rings. The van der Waals surface area contributed by atoms with Gasteiger partial charge in [0.25, 0.3) is 5.91 Å². The van der Waals surface area contributed by atoms with E-state index in [4.69, 9.17) is 0 Å². The average molecular weight is 419 g/mol. The Labute approximate surface area is 171 Å². The first-order valence-corrected chi connectivity index (χ1v) is 11.3. The number of amides is 2. The Balaban J connectivity index is 1.63. The molecule has 0 bridgehead atoms. The predicted octanol–water partition coefficient (Wildman–Crippen LogP) is 4.70. The van der Waals surface area contributed by atoms with Crippen molar-refractivity contribution in [3.05, 3.63) is 66.2 Å². The molecule has 27 heavy (non-hydrogen) atoms. The average Bonchev–Trinajstić information content (AvgIpc) is 3.41. The summed E-state index contributed by atoms with van der Waals surface area (Å²) in [7, 11) is 0. The Morgan fingerprint density at radius 3 is 2.19 bits per heavy atom. The van der Waals surface area contributed by atoms with E-state index in [1.807, 2.05) is 48.0 Å². The Morgan fingerprint density at radius 1 is 1.07 bits per heavy atom. The van der Waals surface area contributed by atoms with Gasteiger partial charge in [0.15, 0.2) is 0 Å². The molecule has 3 heterocycles. The van der Waals surface area contributed by atoms with Crippen LogP contribution in [0.4, 0.5) is 0 Å². The zero-order valence-corrected chi connectivity index (χ0v) is 17.8. The summed E-state index contributed by atoms with van der Waals surface area (Å²) < 4.78 is 0. The lowest BCUT2D eigenvalue weighted by Gasteiger charge is -2.21. The lowest BCUT2D eigenvalue weighted by atomic mass is 10.2. The molecule has 0 aliphatic heterocycles. The molecule has 0 saturated carbocycles. The number of carbonyl (C=O) groups is 2. The quantitative estimate of drug-likeness (QED) is 0.576. The second-order valence-corrected chi connectivity index (χ2v) is 9.36. The van der Waals surface area contributed by atoms with Gasteiger partial charge in [-0.15, -0.1) is 34.0 Å². The van der Waals surface area contributed by atoms with E-state index >= 15 is 0 Å². The fraction of sp³-hybridized carbons (Fsp3) is 0.300. The van der Waals surface area contributed by atoms with Crippen LogP contribution in [0.1, 0.15) is 36.8 Å². The molecule has 0 saturated heterocycles. The van der Waals surface area contributed by atoms with Gasteiger partial charge in [-0.1, -0.05) is 19.1 Å². The molecular formula is C20H22N2O2S3. The molecule has 0 atom stereocenters. The largest absolute Gasteiger partial charge is 0.342 e. The first-order valence-electron chi connectivity index (χ1n) is 8.77. The summed E-state index contributed by atoms with van der Waals surface area (Å²) in [6.07, 6.45) is 0.915. The minimum absolute atomic E-state index is 0.00793. The Kier molecular flexibility index (Phi) is 6.82. The standard InChI is InChI=1S/C20H22N2O2S3/c1-3-17-14(2)10-18(27-17)20(24)21-11-19(23)22(12-15-6-4-8-25-15)13-16-7-5-9-26-16/h4-10H,3,11-13H2,1-2H3,(H,21,24). The van der Waals surface area contributed by atoms with E-state index in [1.165, 1.54) is 16.2 Å². The lowest BCUT2D eigenvalue weighted by Crippen LogP contribution is -2.39. The van der Waals surface area contributed by atoms with Crippen LogP contribution in [0.15, 0.2) is 41.1 Å². The fourth-order valence-corrected chi connectivity index (χ4v) is 5.22. The van der Waals surface area contributed by atoms with Gasteiger partial charge in [-0.2, -0.15) is 0 Å². The highest BCUT2D eigenvalue weighted by atomic mass is 32.1. The van der Waals surface area contributed by atoms with E-state index in [0.717, 1.165) is 21.7 Å². The first-order chi connectivity index (χ1) is 13.1. The molecule has 3 aromatic heterocycles. The summed E-state index contributed by atoms with van der Waals surface area (Å²) in [6, 6.07) is 9.93. The van der Waals surface area contributed by atoms with Crippen molar-refractivity contribution < 1.29 is 9.59 Å². The van der Waals surface area contributed by atoms with Gasteiger partial charge in [-0.25, -0.2) is 0 Å². The van der Waals surface area contributed by atoms with Gasteiger partial charge >= 0.3 is 0 Å². The van der Waals surface area contributed by atoms with Crippen LogP contribution in [-0.2, 0) is 24.3 Å². The summed E-state index contributed by atoms with van der Waals surface area (Å²) in [5.74, 6) is -0.252. The van der Waals surface area contributed by atoms with Gasteiger partial charge < -0.3 is 10.2 Å². The minimum Gasteiger partial charge on any atom is -0.342 e. The maximum absolute atomic E-state index is 12.8. The monoisotopic (exact) mass is 418 g/mol. The van der Waals surface area contributed by atoms with Crippen LogP contribution in [-0.4, -0.2) is 23.3 Å². The molecule has 142 valence electrons. The van der Waals surface area contributed by atoms with Crippen molar-refractivity contribution in [3.8, 4) is 0 Å². The van der Waals surface area contributed by atoms with E-state index in [0.29, 0.717) is 18.0 Å². The lowest BCUT2D eigenvalue weighted by molar-refractivity contribution is -0.131. The SMILES string of the molecule is CCc1sc(C(=O)NCC(=O)N(Cc2cccs2)Cc2cccs2)cc1C. The van der Waals surface area contributed by atoms with E-state index in [2.05, 4.69) is 12.2 Å². The van der Waals surface area contributed by atoms with Crippen molar-refractivity contribution in [2.24, 2.45) is 0 Å². The molecule has 4 nitrogen and oxygen atoms in total. The fourth-order valence-electron chi connectivity index (χ4n) is 2.75. The topological polar surface area (TPSA) is 49.4 Å². The Bertz CT molecular complexity index is 846. The maximum atomic E-state index is 12.8. The van der Waals surface area contributed by atoms with Crippen molar-refractivity contribution in [1.29, 1.82) is 0 Å². The molecule has 3 rings (SSSR count). The van der Waals surface area contributed by atoms with E-state index in [9.17, 15) is 9.59 Å². The van der Waals surface area contributed by atoms with Gasteiger partial charge in [0.1, 0.15) is 0 Å². The molecule has 0 aliphatic carbocycles. The highest BCUT2D eigenvalue weighted by Gasteiger charge is 2.18. The summed E-state index contributed by atoms with van der Waals surface area (Å²) in [5, 5.41) is 6.81. The second kappa shape index (κ2) is 9.30. The van der Waals surface area contributed by atoms with Gasteiger partial charge in [0.2, 0.25) is 5.91 Å². The molecule has 0 aromatic carbocycles. The number of hydrogen-bond acceptors (Lipinski definition) is 5. The molecule has 7 heteroatoms. The number of nitrogens with zero attached hydrogens (tertiary/aromatic N) is 1. The Morgan fingerprint density at radius 2 is 1.70 bits per heavy atom. The third-order valence-corrected chi connectivity index (χ3v) is 7.27. The second-order valence-electron chi connectivity index (χ2n) is 6.16. The normalized spacial score (nSPS) is 10.7. The zero-order valence-electron chi connectivity index (χ0n) is 15.4. The number of carbonyl (C=O) groups excluding carboxylic acids is 2. The third-order valence-electron chi connectivity index (χ3n) is 4.17. The molecule has 1 N–H and O–H groups in total. The Hall–Kier alpha value is -1.96. The van der Waals surface area contributed by atoms with Crippen LogP contribution in [0.3, 0.4) is 0 Å². The summed E-state index contributed by atoms with van der Waals surface area (Å²) >= 11 is 4.77. The van der Waals surface area contributed by atoms with Gasteiger partial charge in [-0.05, 0) is 47.9 Å². The molecule has 0 radical (unpaired) electrons. The number of rotatable bonds is 8. The van der Waals surface area contributed by atoms with Crippen LogP contribution in [0.5, 0.6) is 0 Å². The first kappa shape index (κ1) is 19.8. The number of aryl methyl sites for hydroxylation is 2. The van der Waals surface area contributed by atoms with Gasteiger partial charge in [0, 0.05) is 14.6 Å². The van der Waals surface area contributed by atoms with Crippen LogP contribution >= 0.6 is 34.0 Å². The van der Waals surface area contributed by atoms with Crippen LogP contribution in [0, 0.1) is 6.92 Å². The van der Waals surface area contributed by atoms with E-state index in [-0.39, 0.29) is 18.4 Å². The highest BCUT2D eigenvalue weighted by Crippen LogP contribution is 2.22. The van der Waals surface area contributed by atoms with Crippen molar-refractivity contribution in [2.75, 3.05) is 6.54 Å². The zero-order chi connectivity index (χ0) is 19.2. The smallest absolute Gasteiger partial charge is 0.261 e. The van der Waals surface area contributed by atoms with E-state index in [1.54, 1.807) is 27.6 Å². The number of hydrogen-bond donors (Lipinski definition) is 1. The summed E-state index contributed by atoms with van der Waals surface area (Å²) in [4.78, 5) is 31.1. The van der Waals surface area contributed by atoms with Crippen molar-refractivity contribution in [3.63, 3.8) is 0 Å². The van der Waals surface area contributed by atoms with Crippen LogP contribution in [0.2, 0.25) is 0 Å². The van der Waals surface area contributed by atoms with Gasteiger partial charge in [0.05, 0.1) is 24.5 Å². The van der Waals surface area contributed by atoms with Crippen LogP contribution in [0.25, 0.3) is 0 Å². The highest BCUT2D eigenvalue weighted by molar-refractivity contribution is 7.14. The molecular weight excluding hydrogens is 396 g/mol.